The Morgan fingerprint density at radius 3 is 2.11 bits per heavy atom. The fourth-order valence-corrected chi connectivity index (χ4v) is 5.71. The van der Waals surface area contributed by atoms with Crippen LogP contribution in [0.5, 0.6) is 0 Å². The predicted octanol–water partition coefficient (Wildman–Crippen LogP) is 4.22. The van der Waals surface area contributed by atoms with Crippen LogP contribution in [0.3, 0.4) is 0 Å². The molecule has 0 atom stereocenters. The molecule has 3 fully saturated rings. The molecule has 1 heterocycles. The molecule has 4 rings (SSSR count). The van der Waals surface area contributed by atoms with Gasteiger partial charge in [0.1, 0.15) is 6.54 Å². The van der Waals surface area contributed by atoms with Crippen LogP contribution in [0.1, 0.15) is 71.6 Å². The summed E-state index contributed by atoms with van der Waals surface area (Å²) in [6.45, 7) is 7.00. The van der Waals surface area contributed by atoms with Crippen molar-refractivity contribution in [1.82, 2.24) is 15.1 Å². The van der Waals surface area contributed by atoms with E-state index in [1.807, 2.05) is 43.0 Å². The Kier molecular flexibility index (Phi) is 9.10. The number of amides is 4. The molecule has 2 N–H and O–H groups in total. The van der Waals surface area contributed by atoms with Crippen molar-refractivity contribution in [3.63, 3.8) is 0 Å². The van der Waals surface area contributed by atoms with Crippen molar-refractivity contribution in [2.75, 3.05) is 42.9 Å². The van der Waals surface area contributed by atoms with Crippen LogP contribution in [-0.4, -0.2) is 72.5 Å². The first-order valence-electron chi connectivity index (χ1n) is 13.9. The Balaban J connectivity index is 1.23. The normalized spacial score (nSPS) is 19.4. The van der Waals surface area contributed by atoms with Crippen molar-refractivity contribution in [3.05, 3.63) is 24.3 Å². The maximum atomic E-state index is 12.9. The number of urea groups is 1. The number of benzene rings is 1. The van der Waals surface area contributed by atoms with Gasteiger partial charge in [-0.25, -0.2) is 4.79 Å². The van der Waals surface area contributed by atoms with Gasteiger partial charge in [-0.15, -0.1) is 0 Å². The van der Waals surface area contributed by atoms with Gasteiger partial charge >= 0.3 is 6.03 Å². The van der Waals surface area contributed by atoms with E-state index in [4.69, 9.17) is 0 Å². The molecule has 1 aromatic rings. The molecular formula is C28H43N5O3. The molecule has 0 unspecified atom stereocenters. The van der Waals surface area contributed by atoms with Gasteiger partial charge in [-0.2, -0.15) is 0 Å². The lowest BCUT2D eigenvalue weighted by Crippen LogP contribution is -2.53. The van der Waals surface area contributed by atoms with Crippen LogP contribution >= 0.6 is 0 Å². The molecule has 1 saturated heterocycles. The number of hydrogen-bond acceptors (Lipinski definition) is 4. The van der Waals surface area contributed by atoms with E-state index in [1.54, 1.807) is 4.90 Å². The minimum absolute atomic E-state index is 0.00496. The van der Waals surface area contributed by atoms with Crippen LogP contribution in [0.4, 0.5) is 16.2 Å². The number of nitrogens with one attached hydrogen (secondary N) is 2. The van der Waals surface area contributed by atoms with E-state index in [-0.39, 0.29) is 36.3 Å². The highest BCUT2D eigenvalue weighted by Crippen LogP contribution is 2.27. The lowest BCUT2D eigenvalue weighted by Gasteiger charge is -2.37. The molecule has 1 aromatic carbocycles. The summed E-state index contributed by atoms with van der Waals surface area (Å²) in [5, 5.41) is 6.17. The Bertz CT molecular complexity index is 883. The molecule has 0 spiro atoms. The minimum Gasteiger partial charge on any atom is -0.368 e. The summed E-state index contributed by atoms with van der Waals surface area (Å²) < 4.78 is 0. The van der Waals surface area contributed by atoms with Gasteiger partial charge < -0.3 is 25.3 Å². The first-order chi connectivity index (χ1) is 17.4. The molecule has 36 heavy (non-hydrogen) atoms. The van der Waals surface area contributed by atoms with Crippen molar-refractivity contribution in [1.29, 1.82) is 0 Å². The zero-order valence-corrected chi connectivity index (χ0v) is 22.0. The first kappa shape index (κ1) is 26.3. The molecule has 2 aliphatic carbocycles. The van der Waals surface area contributed by atoms with E-state index in [2.05, 4.69) is 15.5 Å². The monoisotopic (exact) mass is 497 g/mol. The third-order valence-corrected chi connectivity index (χ3v) is 7.94. The van der Waals surface area contributed by atoms with Crippen molar-refractivity contribution >= 4 is 29.2 Å². The molecule has 0 bridgehead atoms. The second-order valence-electron chi connectivity index (χ2n) is 10.9. The van der Waals surface area contributed by atoms with Gasteiger partial charge in [0.15, 0.2) is 0 Å². The number of piperazine rings is 1. The number of anilines is 2. The van der Waals surface area contributed by atoms with Crippen molar-refractivity contribution in [2.45, 2.75) is 83.7 Å². The zero-order chi connectivity index (χ0) is 25.5. The summed E-state index contributed by atoms with van der Waals surface area (Å²) in [4.78, 5) is 44.1. The highest BCUT2D eigenvalue weighted by Gasteiger charge is 2.30. The van der Waals surface area contributed by atoms with E-state index >= 15 is 0 Å². The molecule has 2 saturated carbocycles. The molecule has 1 aliphatic heterocycles. The SMILES string of the molecule is CC(C)N(CC(=O)Nc1ccc(N2CCN(C(=O)NC3CCCCC3)CC2)cc1)C(=O)C1CCCC1. The number of carbonyl (C=O) groups is 3. The summed E-state index contributed by atoms with van der Waals surface area (Å²) >= 11 is 0. The summed E-state index contributed by atoms with van der Waals surface area (Å²) in [6.07, 6.45) is 9.97. The van der Waals surface area contributed by atoms with Crippen molar-refractivity contribution < 1.29 is 14.4 Å². The van der Waals surface area contributed by atoms with Crippen LogP contribution < -0.4 is 15.5 Å². The van der Waals surface area contributed by atoms with Gasteiger partial charge in [0, 0.05) is 55.6 Å². The standard InChI is InChI=1S/C28H43N5O3/c1-21(2)33(27(35)22-8-6-7-9-22)20-26(34)29-24-12-14-25(15-13-24)31-16-18-32(19-17-31)28(36)30-23-10-4-3-5-11-23/h12-15,21-23H,3-11,16-20H2,1-2H3,(H,29,34)(H,30,36). The van der Waals surface area contributed by atoms with E-state index in [0.717, 1.165) is 63.0 Å². The average Bonchev–Trinajstić information content (AvgIpc) is 3.43. The van der Waals surface area contributed by atoms with Gasteiger partial charge in [0.25, 0.3) is 0 Å². The van der Waals surface area contributed by atoms with Gasteiger partial charge in [-0.1, -0.05) is 32.1 Å². The summed E-state index contributed by atoms with van der Waals surface area (Å²) in [5.74, 6) is 0.0123. The number of hydrogen-bond donors (Lipinski definition) is 2. The van der Waals surface area contributed by atoms with E-state index < -0.39 is 0 Å². The number of carbonyl (C=O) groups excluding carboxylic acids is 3. The smallest absolute Gasteiger partial charge is 0.317 e. The molecule has 8 nitrogen and oxygen atoms in total. The quantitative estimate of drug-likeness (QED) is 0.591. The first-order valence-corrected chi connectivity index (χ1v) is 13.9. The molecule has 0 aromatic heterocycles. The topological polar surface area (TPSA) is 85.0 Å². The Morgan fingerprint density at radius 1 is 0.889 bits per heavy atom. The predicted molar refractivity (Wildman–Crippen MR) is 143 cm³/mol. The fourth-order valence-electron chi connectivity index (χ4n) is 5.71. The van der Waals surface area contributed by atoms with Crippen LogP contribution in [0, 0.1) is 5.92 Å². The van der Waals surface area contributed by atoms with Crippen LogP contribution in [0.15, 0.2) is 24.3 Å². The van der Waals surface area contributed by atoms with Gasteiger partial charge in [-0.3, -0.25) is 9.59 Å². The van der Waals surface area contributed by atoms with Crippen molar-refractivity contribution in [3.8, 4) is 0 Å². The van der Waals surface area contributed by atoms with Crippen LogP contribution in [-0.2, 0) is 9.59 Å². The number of nitrogens with zero attached hydrogens (tertiary/aromatic N) is 3. The largest absolute Gasteiger partial charge is 0.368 e. The lowest BCUT2D eigenvalue weighted by atomic mass is 9.96. The fraction of sp³-hybridized carbons (Fsp3) is 0.679. The Labute approximate surface area is 215 Å². The second-order valence-corrected chi connectivity index (χ2v) is 10.9. The highest BCUT2D eigenvalue weighted by atomic mass is 16.2. The molecule has 3 aliphatic rings. The highest BCUT2D eigenvalue weighted by molar-refractivity contribution is 5.95. The van der Waals surface area contributed by atoms with E-state index in [1.165, 1.54) is 19.3 Å². The van der Waals surface area contributed by atoms with Gasteiger partial charge in [0.05, 0.1) is 0 Å². The van der Waals surface area contributed by atoms with Crippen LogP contribution in [0.25, 0.3) is 0 Å². The molecule has 8 heteroatoms. The summed E-state index contributed by atoms with van der Waals surface area (Å²) in [6, 6.07) is 8.24. The molecule has 4 amide bonds. The van der Waals surface area contributed by atoms with Gasteiger partial charge in [-0.05, 0) is 63.8 Å². The maximum Gasteiger partial charge on any atom is 0.317 e. The lowest BCUT2D eigenvalue weighted by molar-refractivity contribution is -0.140. The minimum atomic E-state index is -0.166. The Morgan fingerprint density at radius 2 is 1.50 bits per heavy atom. The summed E-state index contributed by atoms with van der Waals surface area (Å²) in [5.41, 5.74) is 1.81. The molecule has 0 radical (unpaired) electrons. The van der Waals surface area contributed by atoms with Gasteiger partial charge in [0.2, 0.25) is 11.8 Å². The number of rotatable bonds is 7. The zero-order valence-electron chi connectivity index (χ0n) is 22.0. The van der Waals surface area contributed by atoms with Crippen molar-refractivity contribution in [2.24, 2.45) is 5.92 Å². The third kappa shape index (κ3) is 6.92. The molecular weight excluding hydrogens is 454 g/mol. The average molecular weight is 498 g/mol. The Hall–Kier alpha value is -2.77. The molecule has 198 valence electrons. The van der Waals surface area contributed by atoms with E-state index in [9.17, 15) is 14.4 Å². The second kappa shape index (κ2) is 12.5. The van der Waals surface area contributed by atoms with E-state index in [0.29, 0.717) is 19.1 Å². The maximum absolute atomic E-state index is 12.9. The van der Waals surface area contributed by atoms with Crippen LogP contribution in [0.2, 0.25) is 0 Å². The summed E-state index contributed by atoms with van der Waals surface area (Å²) in [7, 11) is 0. The third-order valence-electron chi connectivity index (χ3n) is 7.94.